The van der Waals surface area contributed by atoms with E-state index in [1.165, 1.54) is 0 Å². The standard InChI is InChI=1S/C12H18NO4PS2/c1-4-16-18(19,17-5-2)13(20(14,15)6-3)12-10-8-7-9-11-12/h6-11H,3-5H2,1-2H3. The minimum Gasteiger partial charge on any atom is -0.313 e. The second-order valence-electron chi connectivity index (χ2n) is 3.59. The summed E-state index contributed by atoms with van der Waals surface area (Å²) in [6, 6.07) is 8.50. The zero-order chi connectivity index (χ0) is 15.2. The Bertz CT molecular complexity index is 579. The highest BCUT2D eigenvalue weighted by atomic mass is 32.5. The summed E-state index contributed by atoms with van der Waals surface area (Å²) in [5.74, 6) is 0. The van der Waals surface area contributed by atoms with Crippen molar-refractivity contribution in [1.29, 1.82) is 0 Å². The van der Waals surface area contributed by atoms with Crippen LogP contribution in [0.3, 0.4) is 0 Å². The molecule has 0 bridgehead atoms. The highest BCUT2D eigenvalue weighted by Crippen LogP contribution is 2.56. The van der Waals surface area contributed by atoms with Crippen molar-refractivity contribution < 1.29 is 17.5 Å². The van der Waals surface area contributed by atoms with Gasteiger partial charge >= 0.3 is 6.64 Å². The molecular weight excluding hydrogens is 317 g/mol. The van der Waals surface area contributed by atoms with Gasteiger partial charge in [0, 0.05) is 5.41 Å². The Hall–Kier alpha value is -0.720. The first-order valence-corrected chi connectivity index (χ1v) is 10.1. The molecule has 1 rings (SSSR count). The van der Waals surface area contributed by atoms with Crippen molar-refractivity contribution in [2.75, 3.05) is 17.3 Å². The summed E-state index contributed by atoms with van der Waals surface area (Å²) in [5, 5.41) is 0.846. The number of para-hydroxylation sites is 1. The van der Waals surface area contributed by atoms with Crippen LogP contribution in [0.1, 0.15) is 13.8 Å². The summed E-state index contributed by atoms with van der Waals surface area (Å²) in [7, 11) is -3.82. The molecule has 0 unspecified atom stereocenters. The van der Waals surface area contributed by atoms with E-state index in [1.54, 1.807) is 44.2 Å². The van der Waals surface area contributed by atoms with Gasteiger partial charge in [0.2, 0.25) is 0 Å². The highest BCUT2D eigenvalue weighted by molar-refractivity contribution is 8.18. The fourth-order valence-corrected chi connectivity index (χ4v) is 6.78. The number of hydrogen-bond acceptors (Lipinski definition) is 5. The lowest BCUT2D eigenvalue weighted by Crippen LogP contribution is -2.28. The second kappa shape index (κ2) is 7.33. The summed E-state index contributed by atoms with van der Waals surface area (Å²) in [6.45, 7) is 4.16. The van der Waals surface area contributed by atoms with Crippen molar-refractivity contribution >= 4 is 34.2 Å². The molecule has 0 saturated carbocycles. The van der Waals surface area contributed by atoms with E-state index in [0.717, 1.165) is 9.48 Å². The smallest absolute Gasteiger partial charge is 0.304 e. The Labute approximate surface area is 125 Å². The first kappa shape index (κ1) is 17.3. The van der Waals surface area contributed by atoms with Gasteiger partial charge in [-0.1, -0.05) is 24.8 Å². The fourth-order valence-electron chi connectivity index (χ4n) is 1.52. The molecule has 1 aromatic rings. The summed E-state index contributed by atoms with van der Waals surface area (Å²) >= 11 is 5.38. The maximum atomic E-state index is 12.3. The Balaban J connectivity index is 3.45. The molecule has 0 aliphatic heterocycles. The van der Waals surface area contributed by atoms with Crippen molar-refractivity contribution in [2.24, 2.45) is 0 Å². The van der Waals surface area contributed by atoms with Gasteiger partial charge in [0.25, 0.3) is 10.0 Å². The maximum Gasteiger partial charge on any atom is 0.304 e. The first-order chi connectivity index (χ1) is 9.41. The van der Waals surface area contributed by atoms with Crippen LogP contribution < -0.4 is 4.08 Å². The summed E-state index contributed by atoms with van der Waals surface area (Å²) < 4.78 is 36.6. The van der Waals surface area contributed by atoms with E-state index in [4.69, 9.17) is 20.9 Å². The summed E-state index contributed by atoms with van der Waals surface area (Å²) in [5.41, 5.74) is 0.401. The minimum atomic E-state index is -3.82. The van der Waals surface area contributed by atoms with Crippen molar-refractivity contribution in [1.82, 2.24) is 0 Å². The van der Waals surface area contributed by atoms with Crippen LogP contribution in [-0.4, -0.2) is 21.6 Å². The molecule has 0 amide bonds. The summed E-state index contributed by atoms with van der Waals surface area (Å²) in [4.78, 5) is 0. The molecule has 0 radical (unpaired) electrons. The van der Waals surface area contributed by atoms with Crippen molar-refractivity contribution in [3.05, 3.63) is 42.3 Å². The average Bonchev–Trinajstić information content (AvgIpc) is 2.40. The predicted molar refractivity (Wildman–Crippen MR) is 85.6 cm³/mol. The third-order valence-corrected chi connectivity index (χ3v) is 7.95. The van der Waals surface area contributed by atoms with Crippen LogP contribution >= 0.6 is 6.64 Å². The Kier molecular flexibility index (Phi) is 6.36. The van der Waals surface area contributed by atoms with Gasteiger partial charge in [-0.25, -0.2) is 8.42 Å². The Morgan fingerprint density at radius 3 is 2.15 bits per heavy atom. The first-order valence-electron chi connectivity index (χ1n) is 6.03. The number of anilines is 1. The molecule has 20 heavy (non-hydrogen) atoms. The van der Waals surface area contributed by atoms with Gasteiger partial charge in [-0.3, -0.25) is 0 Å². The number of rotatable bonds is 8. The van der Waals surface area contributed by atoms with Crippen LogP contribution in [0, 0.1) is 0 Å². The molecule has 8 heteroatoms. The largest absolute Gasteiger partial charge is 0.313 e. The topological polar surface area (TPSA) is 55.8 Å². The van der Waals surface area contributed by atoms with E-state index in [9.17, 15) is 8.42 Å². The molecule has 0 atom stereocenters. The molecule has 0 aromatic heterocycles. The van der Waals surface area contributed by atoms with Gasteiger partial charge in [-0.2, -0.15) is 4.08 Å². The van der Waals surface area contributed by atoms with Gasteiger partial charge < -0.3 is 9.05 Å². The van der Waals surface area contributed by atoms with E-state index >= 15 is 0 Å². The molecular formula is C12H18NO4PS2. The van der Waals surface area contributed by atoms with Gasteiger partial charge in [-0.05, 0) is 37.8 Å². The van der Waals surface area contributed by atoms with Crippen LogP contribution in [-0.2, 0) is 30.9 Å². The van der Waals surface area contributed by atoms with Crippen LogP contribution in [0.2, 0.25) is 0 Å². The lowest BCUT2D eigenvalue weighted by Gasteiger charge is -2.32. The lowest BCUT2D eigenvalue weighted by molar-refractivity contribution is 0.268. The number of benzene rings is 1. The zero-order valence-electron chi connectivity index (χ0n) is 11.4. The average molecular weight is 335 g/mol. The van der Waals surface area contributed by atoms with Gasteiger partial charge in [0.1, 0.15) is 0 Å². The van der Waals surface area contributed by atoms with Crippen molar-refractivity contribution in [3.8, 4) is 0 Å². The third kappa shape index (κ3) is 3.90. The van der Waals surface area contributed by atoms with E-state index in [-0.39, 0.29) is 13.2 Å². The van der Waals surface area contributed by atoms with Crippen LogP contribution in [0.5, 0.6) is 0 Å². The highest BCUT2D eigenvalue weighted by Gasteiger charge is 2.36. The fraction of sp³-hybridized carbons (Fsp3) is 0.333. The van der Waals surface area contributed by atoms with Crippen molar-refractivity contribution in [3.63, 3.8) is 0 Å². The molecule has 0 saturated heterocycles. The van der Waals surface area contributed by atoms with E-state index in [2.05, 4.69) is 6.58 Å². The van der Waals surface area contributed by atoms with Gasteiger partial charge in [0.05, 0.1) is 18.9 Å². The minimum absolute atomic E-state index is 0.257. The molecule has 0 N–H and O–H groups in total. The van der Waals surface area contributed by atoms with E-state index < -0.39 is 16.7 Å². The number of hydrogen-bond donors (Lipinski definition) is 0. The second-order valence-corrected chi connectivity index (χ2v) is 8.83. The Morgan fingerprint density at radius 1 is 1.25 bits per heavy atom. The van der Waals surface area contributed by atoms with Gasteiger partial charge in [-0.15, -0.1) is 0 Å². The van der Waals surface area contributed by atoms with E-state index in [0.29, 0.717) is 5.69 Å². The lowest BCUT2D eigenvalue weighted by atomic mass is 10.3. The molecule has 5 nitrogen and oxygen atoms in total. The molecule has 112 valence electrons. The van der Waals surface area contributed by atoms with Crippen LogP contribution in [0.4, 0.5) is 5.69 Å². The van der Waals surface area contributed by atoms with Crippen LogP contribution in [0.15, 0.2) is 42.3 Å². The molecule has 0 spiro atoms. The SMILES string of the molecule is C=CS(=O)(=O)N(c1ccccc1)P(=S)(OCC)OCC. The predicted octanol–water partition coefficient (Wildman–Crippen LogP) is 3.26. The molecule has 0 aliphatic rings. The maximum absolute atomic E-state index is 12.3. The third-order valence-electron chi connectivity index (χ3n) is 2.24. The zero-order valence-corrected chi connectivity index (χ0v) is 14.0. The quantitative estimate of drug-likeness (QED) is 0.683. The molecule has 1 aromatic carbocycles. The number of nitrogens with zero attached hydrogens (tertiary/aromatic N) is 1. The number of sulfonamides is 1. The molecule has 0 fully saturated rings. The molecule has 0 heterocycles. The van der Waals surface area contributed by atoms with Crippen molar-refractivity contribution in [2.45, 2.75) is 13.8 Å². The van der Waals surface area contributed by atoms with E-state index in [1.807, 2.05) is 0 Å². The normalized spacial score (nSPS) is 12.1. The van der Waals surface area contributed by atoms with Crippen LogP contribution in [0.25, 0.3) is 0 Å². The Morgan fingerprint density at radius 2 is 1.75 bits per heavy atom. The summed E-state index contributed by atoms with van der Waals surface area (Å²) in [6.07, 6.45) is 0. The monoisotopic (exact) mass is 335 g/mol. The molecule has 0 aliphatic carbocycles. The van der Waals surface area contributed by atoms with Gasteiger partial charge in [0.15, 0.2) is 0 Å².